The second kappa shape index (κ2) is 6.56. The van der Waals surface area contributed by atoms with E-state index in [1.807, 2.05) is 23.1 Å². The van der Waals surface area contributed by atoms with Crippen molar-refractivity contribution >= 4 is 23.6 Å². The van der Waals surface area contributed by atoms with E-state index in [9.17, 15) is 14.7 Å². The molecule has 1 atom stereocenters. The zero-order valence-electron chi connectivity index (χ0n) is 13.8. The molecule has 2 aromatic rings. The Morgan fingerprint density at radius 2 is 1.88 bits per heavy atom. The fourth-order valence-electron chi connectivity index (χ4n) is 3.64. The van der Waals surface area contributed by atoms with Gasteiger partial charge in [-0.25, -0.2) is 4.79 Å². The SMILES string of the molecule is O=C(O)c1ccc2c(c1)CN(C(=O)C1SCCc3ccccc31)CC2. The van der Waals surface area contributed by atoms with E-state index in [1.54, 1.807) is 23.9 Å². The largest absolute Gasteiger partial charge is 0.478 e. The summed E-state index contributed by atoms with van der Waals surface area (Å²) in [6.07, 6.45) is 1.79. The number of aryl methyl sites for hydroxylation is 1. The van der Waals surface area contributed by atoms with Crippen LogP contribution in [0.3, 0.4) is 0 Å². The number of carboxylic acid groups (broad SMARTS) is 1. The summed E-state index contributed by atoms with van der Waals surface area (Å²) in [5.74, 6) is 0.174. The molecule has 2 aliphatic rings. The van der Waals surface area contributed by atoms with Crippen molar-refractivity contribution in [1.82, 2.24) is 4.90 Å². The van der Waals surface area contributed by atoms with Gasteiger partial charge in [0.15, 0.2) is 0 Å². The Hall–Kier alpha value is -2.27. The molecular weight excluding hydrogens is 334 g/mol. The molecular formula is C20H19NO3S. The van der Waals surface area contributed by atoms with Crippen molar-refractivity contribution in [3.8, 4) is 0 Å². The highest BCUT2D eigenvalue weighted by Crippen LogP contribution is 2.38. The number of carbonyl (C=O) groups is 2. The topological polar surface area (TPSA) is 57.6 Å². The lowest BCUT2D eigenvalue weighted by Gasteiger charge is -2.33. The van der Waals surface area contributed by atoms with Crippen LogP contribution in [-0.4, -0.2) is 34.2 Å². The standard InChI is InChI=1S/C20H19NO3S/c22-19(18-17-4-2-1-3-14(17)8-10-25-18)21-9-7-13-5-6-15(20(23)24)11-16(13)12-21/h1-6,11,18H,7-10,12H2,(H,23,24). The average molecular weight is 353 g/mol. The molecule has 0 saturated heterocycles. The lowest BCUT2D eigenvalue weighted by molar-refractivity contribution is -0.131. The molecule has 2 aromatic carbocycles. The van der Waals surface area contributed by atoms with Crippen LogP contribution < -0.4 is 0 Å². The first-order valence-electron chi connectivity index (χ1n) is 8.47. The van der Waals surface area contributed by atoms with E-state index < -0.39 is 5.97 Å². The molecule has 1 unspecified atom stereocenters. The van der Waals surface area contributed by atoms with Crippen LogP contribution in [-0.2, 0) is 24.2 Å². The Morgan fingerprint density at radius 3 is 2.72 bits per heavy atom. The predicted molar refractivity (Wildman–Crippen MR) is 97.9 cm³/mol. The van der Waals surface area contributed by atoms with E-state index in [-0.39, 0.29) is 16.7 Å². The van der Waals surface area contributed by atoms with Crippen LogP contribution in [0.2, 0.25) is 0 Å². The first-order valence-corrected chi connectivity index (χ1v) is 9.51. The number of thioether (sulfide) groups is 1. The first-order chi connectivity index (χ1) is 12.1. The molecule has 128 valence electrons. The summed E-state index contributed by atoms with van der Waals surface area (Å²) >= 11 is 1.71. The third-order valence-corrected chi connectivity index (χ3v) is 6.22. The highest BCUT2D eigenvalue weighted by molar-refractivity contribution is 8.00. The van der Waals surface area contributed by atoms with Crippen LogP contribution in [0.1, 0.15) is 37.9 Å². The number of carbonyl (C=O) groups excluding carboxylic acids is 1. The summed E-state index contributed by atoms with van der Waals surface area (Å²) in [5.41, 5.74) is 4.78. The highest BCUT2D eigenvalue weighted by Gasteiger charge is 2.32. The Kier molecular flexibility index (Phi) is 4.25. The van der Waals surface area contributed by atoms with Gasteiger partial charge in [-0.1, -0.05) is 30.3 Å². The molecule has 0 aliphatic carbocycles. The number of benzene rings is 2. The molecule has 4 rings (SSSR count). The molecule has 1 N–H and O–H groups in total. The molecule has 5 heteroatoms. The van der Waals surface area contributed by atoms with Gasteiger partial charge in [-0.2, -0.15) is 0 Å². The normalized spacial score (nSPS) is 19.0. The van der Waals surface area contributed by atoms with Gasteiger partial charge in [-0.3, -0.25) is 4.79 Å². The van der Waals surface area contributed by atoms with E-state index in [0.717, 1.165) is 35.3 Å². The Bertz CT molecular complexity index is 849. The van der Waals surface area contributed by atoms with Crippen molar-refractivity contribution in [3.05, 3.63) is 70.3 Å². The van der Waals surface area contributed by atoms with Crippen molar-refractivity contribution in [2.45, 2.75) is 24.6 Å². The Morgan fingerprint density at radius 1 is 1.04 bits per heavy atom. The smallest absolute Gasteiger partial charge is 0.335 e. The summed E-state index contributed by atoms with van der Waals surface area (Å²) < 4.78 is 0. The van der Waals surface area contributed by atoms with E-state index in [4.69, 9.17) is 0 Å². The van der Waals surface area contributed by atoms with Gasteiger partial charge >= 0.3 is 5.97 Å². The fourth-order valence-corrected chi connectivity index (χ4v) is 4.92. The molecule has 2 aliphatic heterocycles. The van der Waals surface area contributed by atoms with Gasteiger partial charge in [-0.15, -0.1) is 11.8 Å². The molecule has 25 heavy (non-hydrogen) atoms. The number of carboxylic acids is 1. The van der Waals surface area contributed by atoms with Crippen molar-refractivity contribution in [3.63, 3.8) is 0 Å². The lowest BCUT2D eigenvalue weighted by Crippen LogP contribution is -2.39. The van der Waals surface area contributed by atoms with Gasteiger partial charge in [0.2, 0.25) is 5.91 Å². The van der Waals surface area contributed by atoms with Crippen LogP contribution >= 0.6 is 11.8 Å². The van der Waals surface area contributed by atoms with E-state index in [2.05, 4.69) is 12.1 Å². The second-order valence-corrected chi connectivity index (χ2v) is 7.71. The van der Waals surface area contributed by atoms with Gasteiger partial charge in [0.05, 0.1) is 5.56 Å². The van der Waals surface area contributed by atoms with Gasteiger partial charge in [0, 0.05) is 13.1 Å². The molecule has 0 spiro atoms. The molecule has 0 saturated carbocycles. The highest BCUT2D eigenvalue weighted by atomic mass is 32.2. The number of aromatic carboxylic acids is 1. The summed E-state index contributed by atoms with van der Waals surface area (Å²) in [6, 6.07) is 13.4. The summed E-state index contributed by atoms with van der Waals surface area (Å²) in [5, 5.41) is 9.05. The molecule has 0 radical (unpaired) electrons. The molecule has 0 fully saturated rings. The quantitative estimate of drug-likeness (QED) is 0.900. The number of nitrogens with zero attached hydrogens (tertiary/aromatic N) is 1. The zero-order valence-corrected chi connectivity index (χ0v) is 14.6. The molecule has 1 amide bonds. The summed E-state index contributed by atoms with van der Waals surface area (Å²) in [4.78, 5) is 26.2. The van der Waals surface area contributed by atoms with Gasteiger partial charge in [0.25, 0.3) is 0 Å². The molecule has 4 nitrogen and oxygen atoms in total. The van der Waals surface area contributed by atoms with Crippen molar-refractivity contribution < 1.29 is 14.7 Å². The monoisotopic (exact) mass is 353 g/mol. The van der Waals surface area contributed by atoms with Crippen LogP contribution in [0.25, 0.3) is 0 Å². The van der Waals surface area contributed by atoms with Gasteiger partial charge in [0.1, 0.15) is 5.25 Å². The number of amides is 1. The maximum Gasteiger partial charge on any atom is 0.335 e. The minimum Gasteiger partial charge on any atom is -0.478 e. The number of hydrogen-bond donors (Lipinski definition) is 1. The molecule has 0 bridgehead atoms. The summed E-state index contributed by atoms with van der Waals surface area (Å²) in [7, 11) is 0. The number of hydrogen-bond acceptors (Lipinski definition) is 3. The van der Waals surface area contributed by atoms with Gasteiger partial charge < -0.3 is 10.0 Å². The Balaban J connectivity index is 1.59. The average Bonchev–Trinajstić information content (AvgIpc) is 2.66. The van der Waals surface area contributed by atoms with Crippen LogP contribution in [0.15, 0.2) is 42.5 Å². The van der Waals surface area contributed by atoms with Crippen molar-refractivity contribution in [1.29, 1.82) is 0 Å². The van der Waals surface area contributed by atoms with Crippen molar-refractivity contribution in [2.75, 3.05) is 12.3 Å². The fraction of sp³-hybridized carbons (Fsp3) is 0.300. The van der Waals surface area contributed by atoms with E-state index in [1.165, 1.54) is 5.56 Å². The van der Waals surface area contributed by atoms with Gasteiger partial charge in [-0.05, 0) is 53.0 Å². The lowest BCUT2D eigenvalue weighted by atomic mass is 9.96. The zero-order chi connectivity index (χ0) is 17.4. The number of rotatable bonds is 2. The van der Waals surface area contributed by atoms with Crippen LogP contribution in [0.4, 0.5) is 0 Å². The maximum absolute atomic E-state index is 13.1. The second-order valence-electron chi connectivity index (χ2n) is 6.50. The predicted octanol–water partition coefficient (Wildman–Crippen LogP) is 3.30. The number of fused-ring (bicyclic) bond motifs is 2. The van der Waals surface area contributed by atoms with Crippen molar-refractivity contribution in [2.24, 2.45) is 0 Å². The Labute approximate surface area is 150 Å². The minimum atomic E-state index is -0.928. The van der Waals surface area contributed by atoms with Crippen LogP contribution in [0, 0.1) is 0 Å². The molecule has 2 heterocycles. The third-order valence-electron chi connectivity index (χ3n) is 4.99. The van der Waals surface area contributed by atoms with E-state index >= 15 is 0 Å². The minimum absolute atomic E-state index is 0.142. The third kappa shape index (κ3) is 3.04. The van der Waals surface area contributed by atoms with Crippen LogP contribution in [0.5, 0.6) is 0 Å². The summed E-state index contributed by atoms with van der Waals surface area (Å²) in [6.45, 7) is 1.19. The first kappa shape index (κ1) is 16.2. The molecule has 0 aromatic heterocycles. The maximum atomic E-state index is 13.1. The van der Waals surface area contributed by atoms with E-state index in [0.29, 0.717) is 13.1 Å².